The molecule has 3 heteroatoms. The Morgan fingerprint density at radius 1 is 1.21 bits per heavy atom. The fourth-order valence-corrected chi connectivity index (χ4v) is 4.94. The monoisotopic (exact) mass is 460 g/mol. The highest BCUT2D eigenvalue weighted by Gasteiger charge is 2.39. The smallest absolute Gasteiger partial charge is 0.129 e. The molecule has 2 aromatic rings. The predicted molar refractivity (Wildman–Crippen MR) is 145 cm³/mol. The van der Waals surface area contributed by atoms with Gasteiger partial charge in [-0.25, -0.2) is 4.39 Å². The van der Waals surface area contributed by atoms with Crippen molar-refractivity contribution in [2.24, 2.45) is 11.1 Å². The molecule has 0 aromatic heterocycles. The lowest BCUT2D eigenvalue weighted by atomic mass is 9.80. The molecule has 2 aromatic carbocycles. The van der Waals surface area contributed by atoms with Gasteiger partial charge in [-0.3, -0.25) is 4.90 Å². The van der Waals surface area contributed by atoms with Crippen molar-refractivity contribution >= 4 is 11.6 Å². The van der Waals surface area contributed by atoms with E-state index in [1.807, 2.05) is 26.0 Å². The molecule has 0 bridgehead atoms. The van der Waals surface area contributed by atoms with E-state index < -0.39 is 0 Å². The van der Waals surface area contributed by atoms with E-state index in [2.05, 4.69) is 76.4 Å². The van der Waals surface area contributed by atoms with Crippen LogP contribution < -0.4 is 5.73 Å². The summed E-state index contributed by atoms with van der Waals surface area (Å²) in [4.78, 5) is 2.43. The average molecular weight is 461 g/mol. The second-order valence-electron chi connectivity index (χ2n) is 10.8. The molecular weight excluding hydrogens is 419 g/mol. The average Bonchev–Trinajstić information content (AvgIpc) is 2.76. The number of nitrogens with two attached hydrogens (primary N) is 1. The highest BCUT2D eigenvalue weighted by Crippen LogP contribution is 2.44. The molecule has 2 atom stereocenters. The first-order valence-electron chi connectivity index (χ1n) is 12.4. The first kappa shape index (κ1) is 26.0. The maximum Gasteiger partial charge on any atom is 0.129 e. The summed E-state index contributed by atoms with van der Waals surface area (Å²) in [5.74, 6) is -0.202. The minimum Gasteiger partial charge on any atom is -0.400 e. The molecule has 0 saturated heterocycles. The number of halogens is 1. The van der Waals surface area contributed by atoms with Crippen molar-refractivity contribution in [2.45, 2.75) is 73.4 Å². The van der Waals surface area contributed by atoms with Gasteiger partial charge in [-0.1, -0.05) is 75.4 Å². The van der Waals surface area contributed by atoms with E-state index in [1.54, 1.807) is 6.07 Å². The van der Waals surface area contributed by atoms with Crippen molar-refractivity contribution in [1.82, 2.24) is 4.90 Å². The number of allylic oxidation sites excluding steroid dienone is 2. The number of benzene rings is 2. The predicted octanol–water partition coefficient (Wildman–Crippen LogP) is 7.97. The largest absolute Gasteiger partial charge is 0.400 e. The van der Waals surface area contributed by atoms with Crippen LogP contribution in [0.25, 0.3) is 11.6 Å². The number of hydrogen-bond donors (Lipinski definition) is 1. The van der Waals surface area contributed by atoms with Crippen LogP contribution in [-0.4, -0.2) is 17.5 Å². The zero-order chi connectivity index (χ0) is 25.2. The highest BCUT2D eigenvalue weighted by molar-refractivity contribution is 5.73. The van der Waals surface area contributed by atoms with Gasteiger partial charge in [0.25, 0.3) is 0 Å². The van der Waals surface area contributed by atoms with Crippen LogP contribution in [0.15, 0.2) is 60.3 Å². The van der Waals surface area contributed by atoms with Gasteiger partial charge < -0.3 is 5.73 Å². The lowest BCUT2D eigenvalue weighted by molar-refractivity contribution is 0.0929. The standard InChI is InChI=1S/C31H41FN2/c1-9-31(7,8)19-34-23(6)17-26(25-13-11-10-12-21(25)4)29(33)30(34)28-22(5)16-24(18-27(28)32)15-14-20(2)3/h10-16,18,23,30H,2,9,17,19,33H2,1,3-8H3/b15-14+/t23-,30-/m1/s1. The summed E-state index contributed by atoms with van der Waals surface area (Å²) in [5.41, 5.74) is 14.8. The molecule has 0 saturated carbocycles. The van der Waals surface area contributed by atoms with E-state index in [4.69, 9.17) is 5.73 Å². The maximum absolute atomic E-state index is 15.9. The lowest BCUT2D eigenvalue weighted by Gasteiger charge is -2.46. The summed E-state index contributed by atoms with van der Waals surface area (Å²) in [6, 6.07) is 12.0. The van der Waals surface area contributed by atoms with E-state index in [0.29, 0.717) is 5.56 Å². The Morgan fingerprint density at radius 2 is 1.88 bits per heavy atom. The third-order valence-corrected chi connectivity index (χ3v) is 7.27. The molecule has 2 nitrogen and oxygen atoms in total. The molecule has 0 fully saturated rings. The van der Waals surface area contributed by atoms with Crippen molar-refractivity contribution in [1.29, 1.82) is 0 Å². The molecule has 1 aliphatic heterocycles. The van der Waals surface area contributed by atoms with Crippen molar-refractivity contribution < 1.29 is 4.39 Å². The summed E-state index contributed by atoms with van der Waals surface area (Å²) in [6.45, 7) is 19.8. The van der Waals surface area contributed by atoms with Crippen LogP contribution in [0.2, 0.25) is 0 Å². The maximum atomic E-state index is 15.9. The van der Waals surface area contributed by atoms with Crippen LogP contribution >= 0.6 is 0 Å². The summed E-state index contributed by atoms with van der Waals surface area (Å²) in [6.07, 6.45) is 5.73. The lowest BCUT2D eigenvalue weighted by Crippen LogP contribution is -2.47. The topological polar surface area (TPSA) is 29.3 Å². The minimum atomic E-state index is -0.302. The fraction of sp³-hybridized carbons (Fsp3) is 0.419. The van der Waals surface area contributed by atoms with E-state index >= 15 is 4.39 Å². The molecule has 3 rings (SSSR count). The van der Waals surface area contributed by atoms with Crippen LogP contribution in [0.4, 0.5) is 4.39 Å². The van der Waals surface area contributed by atoms with E-state index in [-0.39, 0.29) is 23.3 Å². The summed E-state index contributed by atoms with van der Waals surface area (Å²) < 4.78 is 15.9. The number of aryl methyl sites for hydroxylation is 2. The van der Waals surface area contributed by atoms with Crippen LogP contribution in [0, 0.1) is 25.1 Å². The molecule has 1 aliphatic rings. The van der Waals surface area contributed by atoms with Gasteiger partial charge in [0.05, 0.1) is 6.04 Å². The Labute approximate surface area is 206 Å². The Kier molecular flexibility index (Phi) is 7.88. The first-order valence-corrected chi connectivity index (χ1v) is 12.4. The first-order chi connectivity index (χ1) is 15.9. The Morgan fingerprint density at radius 3 is 2.47 bits per heavy atom. The molecule has 0 unspecified atom stereocenters. The van der Waals surface area contributed by atoms with Gasteiger partial charge in [-0.05, 0) is 79.8 Å². The van der Waals surface area contributed by atoms with Crippen molar-refractivity contribution in [3.05, 3.63) is 94.0 Å². The van der Waals surface area contributed by atoms with Gasteiger partial charge in [0.15, 0.2) is 0 Å². The van der Waals surface area contributed by atoms with Gasteiger partial charge >= 0.3 is 0 Å². The van der Waals surface area contributed by atoms with Gasteiger partial charge in [0.2, 0.25) is 0 Å². The normalized spacial score (nSPS) is 19.8. The van der Waals surface area contributed by atoms with Crippen molar-refractivity contribution in [3.63, 3.8) is 0 Å². The molecular formula is C31H41FN2. The van der Waals surface area contributed by atoms with E-state index in [0.717, 1.165) is 47.4 Å². The van der Waals surface area contributed by atoms with Crippen LogP contribution in [0.5, 0.6) is 0 Å². The van der Waals surface area contributed by atoms with E-state index in [1.165, 1.54) is 11.1 Å². The van der Waals surface area contributed by atoms with Gasteiger partial charge in [-0.2, -0.15) is 0 Å². The Hall–Kier alpha value is -2.65. The van der Waals surface area contributed by atoms with Crippen LogP contribution in [-0.2, 0) is 0 Å². The van der Waals surface area contributed by atoms with Crippen LogP contribution in [0.1, 0.15) is 81.3 Å². The molecule has 0 aliphatic carbocycles. The second kappa shape index (κ2) is 10.3. The molecule has 1 heterocycles. The molecule has 182 valence electrons. The zero-order valence-electron chi connectivity index (χ0n) is 22.0. The third-order valence-electron chi connectivity index (χ3n) is 7.27. The summed E-state index contributed by atoms with van der Waals surface area (Å²) in [7, 11) is 0. The van der Waals surface area contributed by atoms with Gasteiger partial charge in [0, 0.05) is 23.8 Å². The van der Waals surface area contributed by atoms with Crippen LogP contribution in [0.3, 0.4) is 0 Å². The minimum absolute atomic E-state index is 0.0987. The molecule has 0 spiro atoms. The van der Waals surface area contributed by atoms with Gasteiger partial charge in [0.1, 0.15) is 5.82 Å². The SMILES string of the molecule is C=C(C)/C=C/c1cc(C)c([C@@H]2C(N)=C(c3ccccc3C)C[C@@H](C)N2CC(C)(C)CC)c(F)c1. The highest BCUT2D eigenvalue weighted by atomic mass is 19.1. The summed E-state index contributed by atoms with van der Waals surface area (Å²) in [5, 5.41) is 0. The molecule has 34 heavy (non-hydrogen) atoms. The zero-order valence-corrected chi connectivity index (χ0v) is 22.0. The second-order valence-corrected chi connectivity index (χ2v) is 10.8. The quantitative estimate of drug-likeness (QED) is 0.424. The van der Waals surface area contributed by atoms with E-state index in [9.17, 15) is 0 Å². The van der Waals surface area contributed by atoms with Gasteiger partial charge in [-0.15, -0.1) is 0 Å². The number of rotatable bonds is 7. The molecule has 0 amide bonds. The Balaban J connectivity index is 2.22. The Bertz CT molecular complexity index is 1100. The van der Waals surface area contributed by atoms with Crippen molar-refractivity contribution in [2.75, 3.05) is 6.54 Å². The molecule has 2 N–H and O–H groups in total. The molecule has 0 radical (unpaired) electrons. The van der Waals surface area contributed by atoms with Crippen molar-refractivity contribution in [3.8, 4) is 0 Å². The fourth-order valence-electron chi connectivity index (χ4n) is 4.94. The summed E-state index contributed by atoms with van der Waals surface area (Å²) >= 11 is 0. The number of nitrogens with zero attached hydrogens (tertiary/aromatic N) is 1. The third kappa shape index (κ3) is 5.52. The number of hydrogen-bond acceptors (Lipinski definition) is 2.